The van der Waals surface area contributed by atoms with Gasteiger partial charge in [-0.3, -0.25) is 0 Å². The van der Waals surface area contributed by atoms with Gasteiger partial charge in [0.15, 0.2) is 0 Å². The standard InChI is InChI=1S/C9H12S/c1-3-8-7(2)5-4-6-9(8)10/h4-6,10H,3H2,1-2H3. The minimum Gasteiger partial charge on any atom is -0.143 e. The molecule has 0 saturated carbocycles. The SMILES string of the molecule is CCc1c(C)cccc1S. The Morgan fingerprint density at radius 2 is 2.10 bits per heavy atom. The monoisotopic (exact) mass is 152 g/mol. The first-order valence-corrected chi connectivity index (χ1v) is 3.98. The van der Waals surface area contributed by atoms with Gasteiger partial charge in [0.25, 0.3) is 0 Å². The Labute approximate surface area is 67.7 Å². The van der Waals surface area contributed by atoms with Crippen molar-refractivity contribution in [3.05, 3.63) is 29.3 Å². The van der Waals surface area contributed by atoms with Crippen molar-refractivity contribution in [2.75, 3.05) is 0 Å². The summed E-state index contributed by atoms with van der Waals surface area (Å²) in [6.07, 6.45) is 1.07. The van der Waals surface area contributed by atoms with Gasteiger partial charge in [-0.15, -0.1) is 12.6 Å². The molecule has 1 rings (SSSR count). The summed E-state index contributed by atoms with van der Waals surface area (Å²) in [5, 5.41) is 0. The third kappa shape index (κ3) is 1.35. The van der Waals surface area contributed by atoms with Crippen LogP contribution in [0.4, 0.5) is 0 Å². The van der Waals surface area contributed by atoms with Gasteiger partial charge in [0.1, 0.15) is 0 Å². The van der Waals surface area contributed by atoms with Crippen molar-refractivity contribution >= 4 is 12.6 Å². The fraction of sp³-hybridized carbons (Fsp3) is 0.333. The smallest absolute Gasteiger partial charge is 0.00745 e. The zero-order valence-electron chi connectivity index (χ0n) is 6.39. The van der Waals surface area contributed by atoms with Crippen LogP contribution in [0, 0.1) is 6.92 Å². The zero-order valence-corrected chi connectivity index (χ0v) is 7.28. The van der Waals surface area contributed by atoms with E-state index in [-0.39, 0.29) is 0 Å². The minimum atomic E-state index is 1.07. The average molecular weight is 152 g/mol. The highest BCUT2D eigenvalue weighted by Gasteiger charge is 1.97. The van der Waals surface area contributed by atoms with Crippen LogP contribution in [0.3, 0.4) is 0 Å². The Kier molecular flexibility index (Phi) is 2.39. The molecule has 0 aliphatic rings. The van der Waals surface area contributed by atoms with Gasteiger partial charge in [-0.05, 0) is 30.5 Å². The lowest BCUT2D eigenvalue weighted by Crippen LogP contribution is -1.86. The molecule has 0 heterocycles. The number of aryl methyl sites for hydroxylation is 1. The van der Waals surface area contributed by atoms with Crippen LogP contribution in [-0.4, -0.2) is 0 Å². The molecule has 0 unspecified atom stereocenters. The van der Waals surface area contributed by atoms with E-state index in [1.807, 2.05) is 12.1 Å². The van der Waals surface area contributed by atoms with Crippen molar-refractivity contribution < 1.29 is 0 Å². The lowest BCUT2D eigenvalue weighted by Gasteiger charge is -2.04. The third-order valence-corrected chi connectivity index (χ3v) is 2.16. The summed E-state index contributed by atoms with van der Waals surface area (Å²) in [5.41, 5.74) is 2.71. The molecule has 0 radical (unpaired) electrons. The summed E-state index contributed by atoms with van der Waals surface area (Å²) in [7, 11) is 0. The van der Waals surface area contributed by atoms with Crippen molar-refractivity contribution in [1.82, 2.24) is 0 Å². The van der Waals surface area contributed by atoms with Crippen LogP contribution in [-0.2, 0) is 6.42 Å². The predicted octanol–water partition coefficient (Wildman–Crippen LogP) is 2.85. The number of hydrogen-bond acceptors (Lipinski definition) is 1. The van der Waals surface area contributed by atoms with Gasteiger partial charge >= 0.3 is 0 Å². The highest BCUT2D eigenvalue weighted by atomic mass is 32.1. The van der Waals surface area contributed by atoms with E-state index in [9.17, 15) is 0 Å². The average Bonchev–Trinajstić information content (AvgIpc) is 1.88. The molecular formula is C9H12S. The molecule has 0 aliphatic carbocycles. The van der Waals surface area contributed by atoms with E-state index in [2.05, 4.69) is 32.5 Å². The Morgan fingerprint density at radius 3 is 2.50 bits per heavy atom. The van der Waals surface area contributed by atoms with E-state index >= 15 is 0 Å². The minimum absolute atomic E-state index is 1.07. The molecule has 0 N–H and O–H groups in total. The van der Waals surface area contributed by atoms with Crippen molar-refractivity contribution in [2.24, 2.45) is 0 Å². The Hall–Kier alpha value is -0.430. The normalized spacial score (nSPS) is 9.90. The number of rotatable bonds is 1. The second-order valence-electron chi connectivity index (χ2n) is 2.43. The highest BCUT2D eigenvalue weighted by molar-refractivity contribution is 7.80. The fourth-order valence-electron chi connectivity index (χ4n) is 1.15. The van der Waals surface area contributed by atoms with Crippen molar-refractivity contribution in [3.8, 4) is 0 Å². The van der Waals surface area contributed by atoms with Gasteiger partial charge in [0.2, 0.25) is 0 Å². The van der Waals surface area contributed by atoms with E-state index in [0.717, 1.165) is 11.3 Å². The molecule has 0 aliphatic heterocycles. The lowest BCUT2D eigenvalue weighted by molar-refractivity contribution is 1.06. The zero-order chi connectivity index (χ0) is 7.56. The largest absolute Gasteiger partial charge is 0.143 e. The van der Waals surface area contributed by atoms with Crippen molar-refractivity contribution in [3.63, 3.8) is 0 Å². The van der Waals surface area contributed by atoms with Gasteiger partial charge in [-0.25, -0.2) is 0 Å². The Morgan fingerprint density at radius 1 is 1.40 bits per heavy atom. The molecule has 0 atom stereocenters. The summed E-state index contributed by atoms with van der Waals surface area (Å²) < 4.78 is 0. The van der Waals surface area contributed by atoms with Crippen molar-refractivity contribution in [2.45, 2.75) is 25.2 Å². The van der Waals surface area contributed by atoms with Crippen LogP contribution in [0.1, 0.15) is 18.1 Å². The maximum Gasteiger partial charge on any atom is 0.00745 e. The maximum atomic E-state index is 4.35. The van der Waals surface area contributed by atoms with Crippen LogP contribution >= 0.6 is 12.6 Å². The lowest BCUT2D eigenvalue weighted by atomic mass is 10.1. The van der Waals surface area contributed by atoms with E-state index in [4.69, 9.17) is 0 Å². The summed E-state index contributed by atoms with van der Waals surface area (Å²) in [5.74, 6) is 0. The fourth-order valence-corrected chi connectivity index (χ4v) is 1.57. The van der Waals surface area contributed by atoms with Gasteiger partial charge < -0.3 is 0 Å². The van der Waals surface area contributed by atoms with Crippen molar-refractivity contribution in [1.29, 1.82) is 0 Å². The summed E-state index contributed by atoms with van der Waals surface area (Å²) in [6, 6.07) is 6.20. The molecule has 0 amide bonds. The molecular weight excluding hydrogens is 140 g/mol. The molecule has 1 aromatic rings. The number of hydrogen-bond donors (Lipinski definition) is 1. The van der Waals surface area contributed by atoms with Gasteiger partial charge in [0, 0.05) is 4.90 Å². The number of benzene rings is 1. The molecule has 10 heavy (non-hydrogen) atoms. The third-order valence-electron chi connectivity index (χ3n) is 1.74. The molecule has 1 aromatic carbocycles. The molecule has 0 saturated heterocycles. The van der Waals surface area contributed by atoms with E-state index in [1.54, 1.807) is 0 Å². The van der Waals surface area contributed by atoms with Crippen LogP contribution in [0.5, 0.6) is 0 Å². The topological polar surface area (TPSA) is 0 Å². The van der Waals surface area contributed by atoms with Crippen LogP contribution in [0.25, 0.3) is 0 Å². The van der Waals surface area contributed by atoms with Gasteiger partial charge in [-0.2, -0.15) is 0 Å². The van der Waals surface area contributed by atoms with E-state index in [1.165, 1.54) is 11.1 Å². The number of thiol groups is 1. The molecule has 0 spiro atoms. The van der Waals surface area contributed by atoms with Gasteiger partial charge in [0.05, 0.1) is 0 Å². The first-order valence-electron chi connectivity index (χ1n) is 3.53. The molecule has 0 bridgehead atoms. The summed E-state index contributed by atoms with van der Waals surface area (Å²) in [6.45, 7) is 4.28. The maximum absolute atomic E-state index is 4.35. The Bertz CT molecular complexity index is 208. The molecule has 1 heteroatoms. The first kappa shape index (κ1) is 7.67. The summed E-state index contributed by atoms with van der Waals surface area (Å²) >= 11 is 4.35. The first-order chi connectivity index (χ1) is 4.75. The van der Waals surface area contributed by atoms with Crippen LogP contribution < -0.4 is 0 Å². The molecule has 54 valence electrons. The highest BCUT2D eigenvalue weighted by Crippen LogP contribution is 2.17. The van der Waals surface area contributed by atoms with Crippen LogP contribution in [0.2, 0.25) is 0 Å². The predicted molar refractivity (Wildman–Crippen MR) is 47.8 cm³/mol. The van der Waals surface area contributed by atoms with Gasteiger partial charge in [-0.1, -0.05) is 19.1 Å². The molecule has 0 aromatic heterocycles. The second kappa shape index (κ2) is 3.11. The second-order valence-corrected chi connectivity index (χ2v) is 2.91. The van der Waals surface area contributed by atoms with E-state index in [0.29, 0.717) is 0 Å². The quantitative estimate of drug-likeness (QED) is 0.588. The molecule has 0 nitrogen and oxygen atoms in total. The Balaban J connectivity index is 3.17. The van der Waals surface area contributed by atoms with E-state index < -0.39 is 0 Å². The molecule has 0 fully saturated rings. The summed E-state index contributed by atoms with van der Waals surface area (Å²) in [4.78, 5) is 1.11. The van der Waals surface area contributed by atoms with Crippen LogP contribution in [0.15, 0.2) is 23.1 Å².